The molecule has 8 rings (SSSR count). The van der Waals surface area contributed by atoms with Crippen LogP contribution in [0.3, 0.4) is 0 Å². The first kappa shape index (κ1) is 22.4. The number of allylic oxidation sites excluding steroid dienone is 1. The number of nitrogens with zero attached hydrogens (tertiary/aromatic N) is 2. The summed E-state index contributed by atoms with van der Waals surface area (Å²) in [6.45, 7) is 0. The van der Waals surface area contributed by atoms with Gasteiger partial charge in [0.2, 0.25) is 0 Å². The fourth-order valence-corrected chi connectivity index (χ4v) is 7.28. The largest absolute Gasteiger partial charge is 0.272 e. The summed E-state index contributed by atoms with van der Waals surface area (Å²) in [6, 6.07) is 37.9. The minimum absolute atomic E-state index is 0.0232. The van der Waals surface area contributed by atoms with Gasteiger partial charge in [-0.3, -0.25) is 9.36 Å². The number of rotatable bonds is 2. The summed E-state index contributed by atoms with van der Waals surface area (Å²) in [7, 11) is 0. The number of thiazole rings is 1. The summed E-state index contributed by atoms with van der Waals surface area (Å²) in [4.78, 5) is 20.2. The molecule has 2 heterocycles. The molecule has 6 aromatic rings. The van der Waals surface area contributed by atoms with Crippen LogP contribution in [0.1, 0.15) is 34.7 Å². The molecule has 1 atom stereocenters. The van der Waals surface area contributed by atoms with Gasteiger partial charge in [-0.1, -0.05) is 114 Å². The third-order valence-corrected chi connectivity index (χ3v) is 9.06. The average Bonchev–Trinajstić information content (AvgIpc) is 3.30. The van der Waals surface area contributed by atoms with Crippen molar-refractivity contribution in [2.75, 3.05) is 0 Å². The van der Waals surface area contributed by atoms with Crippen LogP contribution in [0.25, 0.3) is 33.3 Å². The van der Waals surface area contributed by atoms with Crippen molar-refractivity contribution in [3.8, 4) is 0 Å². The minimum atomic E-state index is -0.155. The van der Waals surface area contributed by atoms with Crippen molar-refractivity contribution in [2.45, 2.75) is 18.9 Å². The van der Waals surface area contributed by atoms with Gasteiger partial charge in [0, 0.05) is 5.56 Å². The first-order valence-corrected chi connectivity index (χ1v) is 14.2. The van der Waals surface area contributed by atoms with E-state index in [1.807, 2.05) is 10.6 Å². The molecular weight excluding hydrogens is 496 g/mol. The molecule has 1 aromatic heterocycles. The molecule has 3 nitrogen and oxygen atoms in total. The van der Waals surface area contributed by atoms with Crippen LogP contribution in [0.4, 0.5) is 0 Å². The maximum atomic E-state index is 14.3. The molecule has 4 heteroatoms. The van der Waals surface area contributed by atoms with Gasteiger partial charge in [0.05, 0.1) is 16.3 Å². The van der Waals surface area contributed by atoms with Crippen LogP contribution in [-0.4, -0.2) is 4.57 Å². The molecule has 0 spiro atoms. The molecule has 2 aliphatic rings. The van der Waals surface area contributed by atoms with E-state index in [0.29, 0.717) is 4.53 Å². The van der Waals surface area contributed by atoms with Gasteiger partial charge in [0.15, 0.2) is 4.80 Å². The molecule has 0 amide bonds. The molecule has 186 valence electrons. The van der Waals surface area contributed by atoms with Gasteiger partial charge < -0.3 is 0 Å². The highest BCUT2D eigenvalue weighted by atomic mass is 32.1. The molecule has 0 bridgehead atoms. The summed E-state index contributed by atoms with van der Waals surface area (Å²) >= 11 is 1.50. The highest BCUT2D eigenvalue weighted by Gasteiger charge is 2.32. The lowest BCUT2D eigenvalue weighted by molar-refractivity contribution is 0.585. The highest BCUT2D eigenvalue weighted by Crippen LogP contribution is 2.41. The Bertz CT molecular complexity index is 2100. The Morgan fingerprint density at radius 3 is 2.21 bits per heavy atom. The van der Waals surface area contributed by atoms with Gasteiger partial charge in [-0.15, -0.1) is 0 Å². The zero-order valence-electron chi connectivity index (χ0n) is 21.2. The van der Waals surface area contributed by atoms with E-state index < -0.39 is 0 Å². The molecule has 1 aliphatic heterocycles. The molecule has 39 heavy (non-hydrogen) atoms. The quantitative estimate of drug-likeness (QED) is 0.236. The van der Waals surface area contributed by atoms with Gasteiger partial charge in [-0.25, -0.2) is 4.99 Å². The molecule has 0 saturated carbocycles. The Labute approximate surface area is 229 Å². The molecule has 0 saturated heterocycles. The van der Waals surface area contributed by atoms with Crippen molar-refractivity contribution in [3.63, 3.8) is 0 Å². The van der Waals surface area contributed by atoms with Gasteiger partial charge in [0.1, 0.15) is 0 Å². The van der Waals surface area contributed by atoms with Gasteiger partial charge in [0.25, 0.3) is 5.56 Å². The van der Waals surface area contributed by atoms with E-state index in [1.165, 1.54) is 38.8 Å². The van der Waals surface area contributed by atoms with Crippen LogP contribution < -0.4 is 14.9 Å². The lowest BCUT2D eigenvalue weighted by Crippen LogP contribution is -2.38. The van der Waals surface area contributed by atoms with Crippen molar-refractivity contribution in [1.82, 2.24) is 4.57 Å². The Hall–Kier alpha value is -4.54. The molecular formula is C35H24N2OS. The van der Waals surface area contributed by atoms with Gasteiger partial charge >= 0.3 is 0 Å². The van der Waals surface area contributed by atoms with Crippen LogP contribution in [0.2, 0.25) is 0 Å². The number of benzene rings is 5. The van der Waals surface area contributed by atoms with E-state index in [1.54, 1.807) is 0 Å². The molecule has 0 radical (unpaired) electrons. The van der Waals surface area contributed by atoms with Crippen LogP contribution in [0.15, 0.2) is 125 Å². The lowest BCUT2D eigenvalue weighted by Gasteiger charge is -2.30. The van der Waals surface area contributed by atoms with E-state index in [0.717, 1.165) is 45.2 Å². The fraction of sp³-hybridized carbons (Fsp3) is 0.0857. The highest BCUT2D eigenvalue weighted by molar-refractivity contribution is 7.07. The predicted octanol–water partition coefficient (Wildman–Crippen LogP) is 6.63. The fourth-order valence-electron chi connectivity index (χ4n) is 6.29. The topological polar surface area (TPSA) is 34.4 Å². The summed E-state index contributed by atoms with van der Waals surface area (Å²) in [5, 5.41) is 4.64. The van der Waals surface area contributed by atoms with E-state index in [2.05, 4.69) is 109 Å². The van der Waals surface area contributed by atoms with Crippen molar-refractivity contribution in [1.29, 1.82) is 0 Å². The van der Waals surface area contributed by atoms with E-state index in [-0.39, 0.29) is 11.6 Å². The maximum absolute atomic E-state index is 14.3. The average molecular weight is 521 g/mol. The second kappa shape index (κ2) is 8.75. The number of hydrogen-bond donors (Lipinski definition) is 0. The molecule has 0 N–H and O–H groups in total. The SMILES string of the molecule is O=c1/c(=C/c2c3ccccc3cc3ccccc23)sc2n1[C@H](c1ccccc1)C1=C(N=2)c2ccccc2CC1. The molecule has 5 aromatic carbocycles. The molecule has 0 unspecified atom stereocenters. The van der Waals surface area contributed by atoms with E-state index >= 15 is 0 Å². The maximum Gasteiger partial charge on any atom is 0.271 e. The first-order valence-electron chi connectivity index (χ1n) is 13.3. The van der Waals surface area contributed by atoms with Crippen molar-refractivity contribution in [3.05, 3.63) is 157 Å². The number of aromatic nitrogens is 1. The van der Waals surface area contributed by atoms with Gasteiger partial charge in [-0.05, 0) is 68.8 Å². The summed E-state index contributed by atoms with van der Waals surface area (Å²) < 4.78 is 2.65. The second-order valence-corrected chi connectivity index (χ2v) is 11.3. The normalized spacial score (nSPS) is 16.6. The zero-order chi connectivity index (χ0) is 25.9. The first-order chi connectivity index (χ1) is 19.3. The summed E-state index contributed by atoms with van der Waals surface area (Å²) in [6.07, 6.45) is 3.95. The Kier molecular flexibility index (Phi) is 5.04. The van der Waals surface area contributed by atoms with Gasteiger partial charge in [-0.2, -0.15) is 0 Å². The smallest absolute Gasteiger partial charge is 0.271 e. The minimum Gasteiger partial charge on any atom is -0.272 e. The van der Waals surface area contributed by atoms with Crippen molar-refractivity contribution >= 4 is 44.7 Å². The van der Waals surface area contributed by atoms with E-state index in [9.17, 15) is 4.79 Å². The Balaban J connectivity index is 1.44. The summed E-state index contributed by atoms with van der Waals surface area (Å²) in [5.74, 6) is 0. The second-order valence-electron chi connectivity index (χ2n) is 10.3. The monoisotopic (exact) mass is 520 g/mol. The van der Waals surface area contributed by atoms with Crippen LogP contribution >= 0.6 is 11.3 Å². The lowest BCUT2D eigenvalue weighted by atomic mass is 9.83. The standard InChI is InChI=1S/C35H24N2OS/c38-34-31(21-30-26-15-7-5-13-24(26)20-25-14-6-8-16-27(25)30)39-35-36-32-28-17-9-4-10-22(28)18-19-29(32)33(37(34)35)23-11-2-1-3-12-23/h1-17,20-21,33H,18-19H2/b31-21-/t33-/m1/s1. The van der Waals surface area contributed by atoms with Crippen molar-refractivity contribution < 1.29 is 0 Å². The third-order valence-electron chi connectivity index (χ3n) is 8.08. The van der Waals surface area contributed by atoms with E-state index in [4.69, 9.17) is 4.99 Å². The summed E-state index contributed by atoms with van der Waals surface area (Å²) in [5.41, 5.74) is 7.02. The van der Waals surface area contributed by atoms with Crippen LogP contribution in [0, 0.1) is 0 Å². The Morgan fingerprint density at radius 1 is 0.769 bits per heavy atom. The molecule has 1 aliphatic carbocycles. The predicted molar refractivity (Wildman–Crippen MR) is 161 cm³/mol. The van der Waals surface area contributed by atoms with Crippen LogP contribution in [0.5, 0.6) is 0 Å². The third kappa shape index (κ3) is 3.49. The molecule has 0 fully saturated rings. The Morgan fingerprint density at radius 2 is 1.44 bits per heavy atom. The number of fused-ring (bicyclic) bond motifs is 5. The zero-order valence-corrected chi connectivity index (χ0v) is 22.0. The number of hydrogen-bond acceptors (Lipinski definition) is 3. The van der Waals surface area contributed by atoms with Crippen LogP contribution in [-0.2, 0) is 6.42 Å². The number of aryl methyl sites for hydroxylation is 1. The van der Waals surface area contributed by atoms with Crippen molar-refractivity contribution in [2.24, 2.45) is 4.99 Å².